The molecule has 0 aliphatic rings. The molecule has 46 heavy (non-hydrogen) atoms. The van der Waals surface area contributed by atoms with E-state index in [0.717, 1.165) is 13.8 Å². The molecule has 0 heterocycles. The molecule has 0 fully saturated rings. The van der Waals surface area contributed by atoms with Crippen molar-refractivity contribution in [3.8, 4) is 28.0 Å². The molecular weight excluding hydrogens is 682 g/mol. The number of halogens is 18. The van der Waals surface area contributed by atoms with Crippen LogP contribution in [0.4, 0.5) is 79.0 Å². The van der Waals surface area contributed by atoms with Crippen LogP contribution in [0.15, 0.2) is 42.5 Å². The van der Waals surface area contributed by atoms with Gasteiger partial charge in [-0.1, -0.05) is 0 Å². The molecule has 0 spiro atoms. The Labute approximate surface area is 245 Å². The lowest BCUT2D eigenvalue weighted by atomic mass is 9.84. The van der Waals surface area contributed by atoms with Crippen molar-refractivity contribution in [1.29, 1.82) is 0 Å². The van der Waals surface area contributed by atoms with Crippen LogP contribution >= 0.6 is 0 Å². The number of hydrogen-bond acceptors (Lipinski definition) is 1. The van der Waals surface area contributed by atoms with Crippen LogP contribution in [0.25, 0.3) is 22.3 Å². The molecule has 3 aromatic carbocycles. The maximum absolute atomic E-state index is 14.5. The maximum Gasteiger partial charge on any atom is 0.420 e. The molecule has 0 bridgehead atoms. The van der Waals surface area contributed by atoms with Crippen LogP contribution < -0.4 is 4.74 Å². The molecule has 0 aliphatic carbocycles. The highest BCUT2D eigenvalue weighted by Crippen LogP contribution is 2.56. The Hall–Kier alpha value is -3.80. The van der Waals surface area contributed by atoms with Gasteiger partial charge in [0.1, 0.15) is 16.9 Å². The molecule has 3 aromatic rings. The first-order chi connectivity index (χ1) is 20.5. The molecule has 0 radical (unpaired) electrons. The van der Waals surface area contributed by atoms with Gasteiger partial charge in [-0.25, -0.2) is 0 Å². The van der Waals surface area contributed by atoms with E-state index in [-0.39, 0.29) is 24.3 Å². The minimum Gasteiger partial charge on any atom is -0.490 e. The standard InChI is InChI=1S/C27H14F18O/c1-10(2)46-21-19(26(40,41)42)15(13-7-11(22(28,29)30)3-5-17(13)24(34,35)36)9-16(20(21)27(43,44)45)14-8-12(23(31,32)33)4-6-18(14)25(37,38)39/h3-10H,1-2H3. The fourth-order valence-electron chi connectivity index (χ4n) is 4.38. The van der Waals surface area contributed by atoms with Crippen molar-refractivity contribution in [2.75, 3.05) is 0 Å². The predicted octanol–water partition coefficient (Wildman–Crippen LogP) is 11.9. The van der Waals surface area contributed by atoms with E-state index < -0.39 is 123 Å². The Morgan fingerprint density at radius 3 is 0.978 bits per heavy atom. The van der Waals surface area contributed by atoms with Crippen LogP contribution in [-0.2, 0) is 37.1 Å². The van der Waals surface area contributed by atoms with Crippen molar-refractivity contribution >= 4 is 0 Å². The smallest absolute Gasteiger partial charge is 0.420 e. The zero-order valence-electron chi connectivity index (χ0n) is 22.3. The normalized spacial score (nSPS) is 13.8. The predicted molar refractivity (Wildman–Crippen MR) is 123 cm³/mol. The van der Waals surface area contributed by atoms with E-state index in [4.69, 9.17) is 0 Å². The molecular formula is C27H14F18O. The zero-order valence-corrected chi connectivity index (χ0v) is 22.3. The van der Waals surface area contributed by atoms with Gasteiger partial charge in [-0.05, 0) is 78.6 Å². The number of alkyl halides is 18. The van der Waals surface area contributed by atoms with Crippen LogP contribution in [0.2, 0.25) is 0 Å². The lowest BCUT2D eigenvalue weighted by molar-refractivity contribution is -0.146. The molecule has 19 heteroatoms. The highest BCUT2D eigenvalue weighted by molar-refractivity contribution is 5.86. The minimum absolute atomic E-state index is 0.231. The first kappa shape index (κ1) is 36.7. The van der Waals surface area contributed by atoms with E-state index >= 15 is 0 Å². The van der Waals surface area contributed by atoms with E-state index in [1.807, 2.05) is 0 Å². The Balaban J connectivity index is 2.83. The van der Waals surface area contributed by atoms with Crippen molar-refractivity contribution in [2.45, 2.75) is 57.0 Å². The third kappa shape index (κ3) is 7.59. The van der Waals surface area contributed by atoms with Gasteiger partial charge in [-0.2, -0.15) is 79.0 Å². The van der Waals surface area contributed by atoms with Crippen molar-refractivity contribution in [3.05, 3.63) is 75.8 Å². The minimum atomic E-state index is -6.21. The van der Waals surface area contributed by atoms with Crippen LogP contribution in [0.5, 0.6) is 5.75 Å². The molecule has 254 valence electrons. The Bertz CT molecular complexity index is 1480. The molecule has 0 amide bonds. The summed E-state index contributed by atoms with van der Waals surface area (Å²) in [6, 6.07) is -2.90. The summed E-state index contributed by atoms with van der Waals surface area (Å²) in [7, 11) is 0. The lowest BCUT2D eigenvalue weighted by Gasteiger charge is -2.28. The average Bonchev–Trinajstić information content (AvgIpc) is 2.83. The summed E-state index contributed by atoms with van der Waals surface area (Å²) in [4.78, 5) is 0. The Morgan fingerprint density at radius 2 is 0.739 bits per heavy atom. The second kappa shape index (κ2) is 11.5. The first-order valence-electron chi connectivity index (χ1n) is 12.0. The van der Waals surface area contributed by atoms with Crippen molar-refractivity contribution in [3.63, 3.8) is 0 Å². The zero-order chi connectivity index (χ0) is 35.6. The molecule has 0 saturated carbocycles. The molecule has 0 unspecified atom stereocenters. The summed E-state index contributed by atoms with van der Waals surface area (Å²) in [6.07, 6.45) is -37.0. The third-order valence-electron chi connectivity index (χ3n) is 6.09. The number of hydrogen-bond donors (Lipinski definition) is 0. The average molecular weight is 696 g/mol. The van der Waals surface area contributed by atoms with Gasteiger partial charge in [-0.15, -0.1) is 0 Å². The van der Waals surface area contributed by atoms with Gasteiger partial charge >= 0.3 is 37.1 Å². The van der Waals surface area contributed by atoms with Crippen LogP contribution in [0.3, 0.4) is 0 Å². The van der Waals surface area contributed by atoms with E-state index in [1.54, 1.807) is 0 Å². The summed E-state index contributed by atoms with van der Waals surface area (Å²) in [5.74, 6) is -2.49. The van der Waals surface area contributed by atoms with Crippen LogP contribution in [0.1, 0.15) is 47.2 Å². The van der Waals surface area contributed by atoms with E-state index in [0.29, 0.717) is 0 Å². The highest BCUT2D eigenvalue weighted by Gasteiger charge is 2.49. The van der Waals surface area contributed by atoms with Crippen molar-refractivity contribution in [2.24, 2.45) is 0 Å². The summed E-state index contributed by atoms with van der Waals surface area (Å²) in [5.41, 5.74) is -23.0. The summed E-state index contributed by atoms with van der Waals surface area (Å²) in [5, 5.41) is 0. The molecule has 1 nitrogen and oxygen atoms in total. The molecule has 3 rings (SSSR count). The number of benzene rings is 3. The van der Waals surface area contributed by atoms with Crippen molar-refractivity contribution in [1.82, 2.24) is 0 Å². The molecule has 0 aromatic heterocycles. The molecule has 0 atom stereocenters. The highest BCUT2D eigenvalue weighted by atomic mass is 19.4. The van der Waals surface area contributed by atoms with Gasteiger partial charge < -0.3 is 4.74 Å². The topological polar surface area (TPSA) is 9.23 Å². The van der Waals surface area contributed by atoms with Gasteiger partial charge in [0.2, 0.25) is 0 Å². The van der Waals surface area contributed by atoms with E-state index in [9.17, 15) is 79.0 Å². The van der Waals surface area contributed by atoms with Crippen molar-refractivity contribution < 1.29 is 83.8 Å². The van der Waals surface area contributed by atoms with E-state index in [2.05, 4.69) is 4.74 Å². The largest absolute Gasteiger partial charge is 0.490 e. The third-order valence-corrected chi connectivity index (χ3v) is 6.09. The first-order valence-corrected chi connectivity index (χ1v) is 12.0. The van der Waals surface area contributed by atoms with Gasteiger partial charge in [0.15, 0.2) is 0 Å². The van der Waals surface area contributed by atoms with Gasteiger partial charge in [0, 0.05) is 0 Å². The number of ether oxygens (including phenoxy) is 1. The second-order valence-corrected chi connectivity index (χ2v) is 9.72. The maximum atomic E-state index is 14.5. The lowest BCUT2D eigenvalue weighted by Crippen LogP contribution is -2.22. The molecule has 0 N–H and O–H groups in total. The summed E-state index contributed by atoms with van der Waals surface area (Å²) in [6.45, 7) is 1.56. The summed E-state index contributed by atoms with van der Waals surface area (Å²) >= 11 is 0. The fraction of sp³-hybridized carbons (Fsp3) is 0.333. The number of rotatable bonds is 4. The van der Waals surface area contributed by atoms with Crippen LogP contribution in [0, 0.1) is 0 Å². The Morgan fingerprint density at radius 1 is 0.413 bits per heavy atom. The SMILES string of the molecule is CC(C)Oc1c(C(F)(F)F)c(-c2cc(C(F)(F)F)ccc2C(F)(F)F)cc(-c2cc(C(F)(F)F)ccc2C(F)(F)F)c1C(F)(F)F. The quantitative estimate of drug-likeness (QED) is 0.247. The van der Waals surface area contributed by atoms with Gasteiger partial charge in [0.25, 0.3) is 0 Å². The molecule has 0 saturated heterocycles. The second-order valence-electron chi connectivity index (χ2n) is 9.72. The van der Waals surface area contributed by atoms with Crippen LogP contribution in [-0.4, -0.2) is 6.10 Å². The fourth-order valence-corrected chi connectivity index (χ4v) is 4.38. The molecule has 0 aliphatic heterocycles. The van der Waals surface area contributed by atoms with Gasteiger partial charge in [-0.3, -0.25) is 0 Å². The monoisotopic (exact) mass is 696 g/mol. The Kier molecular flexibility index (Phi) is 9.14. The van der Waals surface area contributed by atoms with Gasteiger partial charge in [0.05, 0.1) is 28.4 Å². The van der Waals surface area contributed by atoms with E-state index in [1.165, 1.54) is 0 Å². The summed E-state index contributed by atoms with van der Waals surface area (Å²) < 4.78 is 256.